The Balaban J connectivity index is 0. The molecule has 0 bridgehead atoms. The monoisotopic (exact) mass is 174 g/mol. The zero-order valence-corrected chi connectivity index (χ0v) is 4.57. The van der Waals surface area contributed by atoms with Gasteiger partial charge in [-0.25, -0.2) is 0 Å². The van der Waals surface area contributed by atoms with Crippen LogP contribution in [-0.4, -0.2) is 74.4 Å². The third-order valence-corrected chi connectivity index (χ3v) is 0.887. The van der Waals surface area contributed by atoms with Crippen LogP contribution in [0.15, 0.2) is 18.2 Å². The van der Waals surface area contributed by atoms with Crippen molar-refractivity contribution in [1.82, 2.24) is 0 Å². The topological polar surface area (TPSA) is 60.7 Å². The van der Waals surface area contributed by atoms with E-state index in [0.29, 0.717) is 0 Å². The Kier molecular flexibility index (Phi) is 7.94. The van der Waals surface area contributed by atoms with E-state index in [1.807, 2.05) is 0 Å². The van der Waals surface area contributed by atoms with Gasteiger partial charge in [-0.05, 0) is 0 Å². The molecule has 3 N–H and O–H groups in total. The molecule has 0 spiro atoms. The van der Waals surface area contributed by atoms with Crippen molar-refractivity contribution in [2.75, 3.05) is 0 Å². The molecular weight excluding hydrogens is 166 g/mol. The van der Waals surface area contributed by atoms with Crippen molar-refractivity contribution in [3.8, 4) is 17.2 Å². The standard InChI is InChI=1S/C6H6O3.2Na.2H/c7-4-1-5(8)3-6(9)2-4;;;;/h1-3,7-9H;;;;. The fourth-order valence-corrected chi connectivity index (χ4v) is 0.580. The van der Waals surface area contributed by atoms with Crippen LogP contribution in [0.3, 0.4) is 0 Å². The Morgan fingerprint density at radius 1 is 0.636 bits per heavy atom. The fraction of sp³-hybridized carbons (Fsp3) is 0. The van der Waals surface area contributed by atoms with Gasteiger partial charge in [0.2, 0.25) is 0 Å². The summed E-state index contributed by atoms with van der Waals surface area (Å²) in [5.74, 6) is -0.437. The molecule has 52 valence electrons. The average molecular weight is 174 g/mol. The van der Waals surface area contributed by atoms with E-state index in [9.17, 15) is 0 Å². The van der Waals surface area contributed by atoms with Gasteiger partial charge in [0.1, 0.15) is 17.2 Å². The molecule has 0 fully saturated rings. The third-order valence-electron chi connectivity index (χ3n) is 0.887. The molecule has 1 rings (SSSR count). The minimum absolute atomic E-state index is 0. The third kappa shape index (κ3) is 4.95. The predicted octanol–water partition coefficient (Wildman–Crippen LogP) is -0.494. The van der Waals surface area contributed by atoms with Crippen LogP contribution in [0.4, 0.5) is 0 Å². The molecule has 0 heterocycles. The maximum atomic E-state index is 8.67. The molecule has 0 aliphatic rings. The Bertz CT molecular complexity index is 177. The number of rotatable bonds is 0. The van der Waals surface area contributed by atoms with Gasteiger partial charge >= 0.3 is 59.1 Å². The predicted molar refractivity (Wildman–Crippen MR) is 45.7 cm³/mol. The van der Waals surface area contributed by atoms with E-state index in [4.69, 9.17) is 15.3 Å². The molecule has 0 amide bonds. The zero-order valence-electron chi connectivity index (χ0n) is 4.57. The van der Waals surface area contributed by atoms with Crippen molar-refractivity contribution in [2.24, 2.45) is 0 Å². The fourth-order valence-electron chi connectivity index (χ4n) is 0.580. The van der Waals surface area contributed by atoms with E-state index in [2.05, 4.69) is 0 Å². The van der Waals surface area contributed by atoms with Crippen LogP contribution < -0.4 is 0 Å². The molecule has 1 aromatic carbocycles. The minimum atomic E-state index is -0.146. The average Bonchev–Trinajstić information content (AvgIpc) is 1.59. The summed E-state index contributed by atoms with van der Waals surface area (Å²) >= 11 is 0. The first kappa shape index (κ1) is 14.2. The molecule has 0 saturated carbocycles. The van der Waals surface area contributed by atoms with Crippen molar-refractivity contribution < 1.29 is 15.3 Å². The molecule has 0 aliphatic heterocycles. The number of hydrogen-bond acceptors (Lipinski definition) is 3. The summed E-state index contributed by atoms with van der Waals surface area (Å²) in [6.45, 7) is 0. The van der Waals surface area contributed by atoms with E-state index >= 15 is 0 Å². The Hall–Kier alpha value is 0.620. The molecule has 0 aliphatic carbocycles. The van der Waals surface area contributed by atoms with Crippen LogP contribution in [0.1, 0.15) is 0 Å². The number of phenolic OH excluding ortho intramolecular Hbond substituents is 3. The quantitative estimate of drug-likeness (QED) is 0.465. The van der Waals surface area contributed by atoms with Gasteiger partial charge in [0.25, 0.3) is 0 Å². The van der Waals surface area contributed by atoms with Crippen LogP contribution in [0.25, 0.3) is 0 Å². The van der Waals surface area contributed by atoms with Crippen LogP contribution in [0.5, 0.6) is 17.2 Å². The second-order valence-corrected chi connectivity index (χ2v) is 1.71. The van der Waals surface area contributed by atoms with Gasteiger partial charge in [0.05, 0.1) is 0 Å². The Morgan fingerprint density at radius 3 is 1.00 bits per heavy atom. The summed E-state index contributed by atoms with van der Waals surface area (Å²) in [5, 5.41) is 26.0. The second kappa shape index (κ2) is 6.17. The van der Waals surface area contributed by atoms with E-state index in [0.717, 1.165) is 18.2 Å². The summed E-state index contributed by atoms with van der Waals surface area (Å²) in [7, 11) is 0. The van der Waals surface area contributed by atoms with Gasteiger partial charge in [-0.15, -0.1) is 0 Å². The first-order valence-electron chi connectivity index (χ1n) is 2.40. The van der Waals surface area contributed by atoms with Crippen molar-refractivity contribution in [1.29, 1.82) is 0 Å². The van der Waals surface area contributed by atoms with E-state index in [-0.39, 0.29) is 76.4 Å². The van der Waals surface area contributed by atoms with E-state index in [1.54, 1.807) is 0 Å². The molecule has 11 heavy (non-hydrogen) atoms. The number of hydrogen-bond donors (Lipinski definition) is 3. The van der Waals surface area contributed by atoms with Gasteiger partial charge in [-0.2, -0.15) is 0 Å². The van der Waals surface area contributed by atoms with Crippen molar-refractivity contribution in [3.63, 3.8) is 0 Å². The summed E-state index contributed by atoms with van der Waals surface area (Å²) in [4.78, 5) is 0. The van der Waals surface area contributed by atoms with Gasteiger partial charge < -0.3 is 15.3 Å². The molecular formula is C6H8Na2O3. The van der Waals surface area contributed by atoms with Crippen LogP contribution in [0, 0.1) is 0 Å². The summed E-state index contributed by atoms with van der Waals surface area (Å²) < 4.78 is 0. The molecule has 0 radical (unpaired) electrons. The molecule has 0 atom stereocenters. The first-order chi connectivity index (χ1) is 4.18. The SMILES string of the molecule is Oc1cc(O)cc(O)c1.[NaH].[NaH]. The summed E-state index contributed by atoms with van der Waals surface area (Å²) in [6.07, 6.45) is 0. The van der Waals surface area contributed by atoms with E-state index in [1.165, 1.54) is 0 Å². The Morgan fingerprint density at radius 2 is 0.818 bits per heavy atom. The first-order valence-corrected chi connectivity index (χ1v) is 2.40. The van der Waals surface area contributed by atoms with E-state index < -0.39 is 0 Å². The normalized spacial score (nSPS) is 7.64. The molecule has 5 heteroatoms. The molecule has 0 aromatic heterocycles. The number of phenols is 3. The van der Waals surface area contributed by atoms with Crippen molar-refractivity contribution in [2.45, 2.75) is 0 Å². The van der Waals surface area contributed by atoms with Gasteiger partial charge in [0.15, 0.2) is 0 Å². The Labute approximate surface area is 109 Å². The molecule has 0 unspecified atom stereocenters. The summed E-state index contributed by atoms with van der Waals surface area (Å²) in [5.41, 5.74) is 0. The number of benzene rings is 1. The maximum absolute atomic E-state index is 8.67. The molecule has 0 saturated heterocycles. The van der Waals surface area contributed by atoms with Crippen LogP contribution in [-0.2, 0) is 0 Å². The van der Waals surface area contributed by atoms with Crippen LogP contribution >= 0.6 is 0 Å². The zero-order chi connectivity index (χ0) is 6.85. The van der Waals surface area contributed by atoms with Crippen LogP contribution in [0.2, 0.25) is 0 Å². The van der Waals surface area contributed by atoms with Gasteiger partial charge in [0, 0.05) is 18.2 Å². The summed E-state index contributed by atoms with van der Waals surface area (Å²) in [6, 6.07) is 3.42. The molecule has 3 nitrogen and oxygen atoms in total. The second-order valence-electron chi connectivity index (χ2n) is 1.71. The van der Waals surface area contributed by atoms with Gasteiger partial charge in [-0.1, -0.05) is 0 Å². The number of aromatic hydroxyl groups is 3. The van der Waals surface area contributed by atoms with Crippen molar-refractivity contribution in [3.05, 3.63) is 18.2 Å². The molecule has 1 aromatic rings. The van der Waals surface area contributed by atoms with Crippen molar-refractivity contribution >= 4 is 59.1 Å². The van der Waals surface area contributed by atoms with Gasteiger partial charge in [-0.3, -0.25) is 0 Å².